The third kappa shape index (κ3) is 1.97. The van der Waals surface area contributed by atoms with Crippen molar-refractivity contribution < 1.29 is 9.53 Å². The molecule has 1 amide bonds. The molecule has 2 N–H and O–H groups in total. The molecule has 2 atom stereocenters. The standard InChI is InChI=1S/C13H22N2O2/c16-12(15-11-3-1-2-4-11)13-8-14-7-10(13)5-6-17-9-13/h10-11,14H,1-9H2,(H,15,16)/t10-,13+/m1/s1. The molecular weight excluding hydrogens is 216 g/mol. The number of amides is 1. The first kappa shape index (κ1) is 11.5. The first-order valence-electron chi connectivity index (χ1n) is 6.91. The smallest absolute Gasteiger partial charge is 0.230 e. The molecule has 1 aliphatic carbocycles. The van der Waals surface area contributed by atoms with E-state index in [9.17, 15) is 4.79 Å². The molecule has 1 saturated carbocycles. The molecule has 17 heavy (non-hydrogen) atoms. The molecular formula is C13H22N2O2. The van der Waals surface area contributed by atoms with Crippen LogP contribution in [-0.4, -0.2) is 38.3 Å². The molecule has 0 spiro atoms. The van der Waals surface area contributed by atoms with E-state index in [1.165, 1.54) is 12.8 Å². The van der Waals surface area contributed by atoms with E-state index in [1.54, 1.807) is 0 Å². The summed E-state index contributed by atoms with van der Waals surface area (Å²) in [6.07, 6.45) is 5.85. The van der Waals surface area contributed by atoms with E-state index in [1.807, 2.05) is 0 Å². The van der Waals surface area contributed by atoms with Gasteiger partial charge in [0.2, 0.25) is 5.91 Å². The highest BCUT2D eigenvalue weighted by Gasteiger charge is 2.51. The third-order valence-corrected chi connectivity index (χ3v) is 4.73. The van der Waals surface area contributed by atoms with E-state index < -0.39 is 0 Å². The quantitative estimate of drug-likeness (QED) is 0.743. The van der Waals surface area contributed by atoms with Gasteiger partial charge in [0.1, 0.15) is 0 Å². The molecule has 4 nitrogen and oxygen atoms in total. The van der Waals surface area contributed by atoms with Crippen molar-refractivity contribution in [3.05, 3.63) is 0 Å². The van der Waals surface area contributed by atoms with E-state index >= 15 is 0 Å². The summed E-state index contributed by atoms with van der Waals surface area (Å²) in [5.41, 5.74) is -0.277. The first-order valence-corrected chi connectivity index (χ1v) is 6.91. The van der Waals surface area contributed by atoms with Gasteiger partial charge in [0.15, 0.2) is 0 Å². The second-order valence-corrected chi connectivity index (χ2v) is 5.78. The van der Waals surface area contributed by atoms with Crippen LogP contribution in [-0.2, 0) is 9.53 Å². The number of hydrogen-bond acceptors (Lipinski definition) is 3. The summed E-state index contributed by atoms with van der Waals surface area (Å²) in [4.78, 5) is 12.5. The second kappa shape index (κ2) is 4.58. The lowest BCUT2D eigenvalue weighted by molar-refractivity contribution is -0.141. The predicted molar refractivity (Wildman–Crippen MR) is 64.6 cm³/mol. The van der Waals surface area contributed by atoms with Gasteiger partial charge in [-0.05, 0) is 31.7 Å². The van der Waals surface area contributed by atoms with Crippen LogP contribution in [0.5, 0.6) is 0 Å². The summed E-state index contributed by atoms with van der Waals surface area (Å²) in [6.45, 7) is 3.17. The fourth-order valence-electron chi connectivity index (χ4n) is 3.57. The van der Waals surface area contributed by atoms with Crippen LogP contribution in [0.4, 0.5) is 0 Å². The zero-order valence-corrected chi connectivity index (χ0v) is 10.3. The van der Waals surface area contributed by atoms with Crippen molar-refractivity contribution in [3.8, 4) is 0 Å². The van der Waals surface area contributed by atoms with Gasteiger partial charge in [-0.25, -0.2) is 0 Å². The summed E-state index contributed by atoms with van der Waals surface area (Å²) in [5.74, 6) is 0.705. The first-order chi connectivity index (χ1) is 8.31. The maximum Gasteiger partial charge on any atom is 0.230 e. The SMILES string of the molecule is O=C(NC1CCCC1)[C@]12CNC[C@H]1CCOC2. The Morgan fingerprint density at radius 3 is 2.94 bits per heavy atom. The van der Waals surface area contributed by atoms with E-state index in [0.717, 1.165) is 39.0 Å². The van der Waals surface area contributed by atoms with Gasteiger partial charge in [-0.3, -0.25) is 4.79 Å². The fourth-order valence-corrected chi connectivity index (χ4v) is 3.57. The Labute approximate surface area is 102 Å². The van der Waals surface area contributed by atoms with Crippen LogP contribution in [0, 0.1) is 11.3 Å². The number of fused-ring (bicyclic) bond motifs is 1. The second-order valence-electron chi connectivity index (χ2n) is 5.78. The minimum Gasteiger partial charge on any atom is -0.380 e. The van der Waals surface area contributed by atoms with Gasteiger partial charge in [-0.15, -0.1) is 0 Å². The van der Waals surface area contributed by atoms with Gasteiger partial charge in [-0.2, -0.15) is 0 Å². The normalized spacial score (nSPS) is 38.0. The number of hydrogen-bond donors (Lipinski definition) is 2. The summed E-state index contributed by atoms with van der Waals surface area (Å²) in [7, 11) is 0. The monoisotopic (exact) mass is 238 g/mol. The predicted octanol–water partition coefficient (Wildman–Crippen LogP) is 0.671. The summed E-state index contributed by atoms with van der Waals surface area (Å²) in [5, 5.41) is 6.62. The highest BCUT2D eigenvalue weighted by Crippen LogP contribution is 2.38. The molecule has 4 heteroatoms. The van der Waals surface area contributed by atoms with Crippen LogP contribution in [0.2, 0.25) is 0 Å². The van der Waals surface area contributed by atoms with Crippen molar-refractivity contribution in [2.24, 2.45) is 11.3 Å². The van der Waals surface area contributed by atoms with Crippen LogP contribution in [0.1, 0.15) is 32.1 Å². The number of carbonyl (C=O) groups is 1. The maximum absolute atomic E-state index is 12.5. The Bertz CT molecular complexity index is 302. The minimum absolute atomic E-state index is 0.235. The van der Waals surface area contributed by atoms with Crippen molar-refractivity contribution in [3.63, 3.8) is 0 Å². The van der Waals surface area contributed by atoms with Crippen LogP contribution in [0.15, 0.2) is 0 Å². The maximum atomic E-state index is 12.5. The van der Waals surface area contributed by atoms with Gasteiger partial charge in [0.05, 0.1) is 12.0 Å². The van der Waals surface area contributed by atoms with Crippen molar-refractivity contribution in [1.29, 1.82) is 0 Å². The number of carbonyl (C=O) groups excluding carboxylic acids is 1. The number of rotatable bonds is 2. The molecule has 0 unspecified atom stereocenters. The van der Waals surface area contributed by atoms with E-state index in [4.69, 9.17) is 4.74 Å². The Hall–Kier alpha value is -0.610. The van der Waals surface area contributed by atoms with Crippen molar-refractivity contribution in [2.75, 3.05) is 26.3 Å². The van der Waals surface area contributed by atoms with Gasteiger partial charge in [0, 0.05) is 19.2 Å². The van der Waals surface area contributed by atoms with Crippen molar-refractivity contribution in [2.45, 2.75) is 38.1 Å². The van der Waals surface area contributed by atoms with Gasteiger partial charge in [-0.1, -0.05) is 12.8 Å². The van der Waals surface area contributed by atoms with Crippen molar-refractivity contribution >= 4 is 5.91 Å². The average molecular weight is 238 g/mol. The zero-order valence-electron chi connectivity index (χ0n) is 10.3. The minimum atomic E-state index is -0.277. The van der Waals surface area contributed by atoms with Crippen LogP contribution < -0.4 is 10.6 Å². The molecule has 2 heterocycles. The van der Waals surface area contributed by atoms with E-state index in [2.05, 4.69) is 10.6 Å². The highest BCUT2D eigenvalue weighted by molar-refractivity contribution is 5.84. The largest absolute Gasteiger partial charge is 0.380 e. The molecule has 0 aromatic rings. The summed E-state index contributed by atoms with van der Waals surface area (Å²) in [6, 6.07) is 0.417. The van der Waals surface area contributed by atoms with Crippen LogP contribution in [0.25, 0.3) is 0 Å². The Morgan fingerprint density at radius 2 is 2.12 bits per heavy atom. The fraction of sp³-hybridized carbons (Fsp3) is 0.923. The molecule has 3 aliphatic rings. The molecule has 3 rings (SSSR count). The summed E-state index contributed by atoms with van der Waals surface area (Å²) >= 11 is 0. The zero-order chi connectivity index (χ0) is 11.7. The number of ether oxygens (including phenoxy) is 1. The summed E-state index contributed by atoms with van der Waals surface area (Å²) < 4.78 is 5.57. The molecule has 2 saturated heterocycles. The molecule has 0 aromatic heterocycles. The third-order valence-electron chi connectivity index (χ3n) is 4.73. The lowest BCUT2D eigenvalue weighted by atomic mass is 9.74. The molecule has 0 aromatic carbocycles. The Kier molecular flexibility index (Phi) is 3.09. The molecule has 96 valence electrons. The lowest BCUT2D eigenvalue weighted by Gasteiger charge is -2.37. The molecule has 3 fully saturated rings. The van der Waals surface area contributed by atoms with Gasteiger partial charge >= 0.3 is 0 Å². The van der Waals surface area contributed by atoms with E-state index in [0.29, 0.717) is 18.6 Å². The van der Waals surface area contributed by atoms with Gasteiger partial charge < -0.3 is 15.4 Å². The van der Waals surface area contributed by atoms with Gasteiger partial charge in [0.25, 0.3) is 0 Å². The van der Waals surface area contributed by atoms with E-state index in [-0.39, 0.29) is 11.3 Å². The molecule has 0 bridgehead atoms. The van der Waals surface area contributed by atoms with Crippen molar-refractivity contribution in [1.82, 2.24) is 10.6 Å². The number of nitrogens with one attached hydrogen (secondary N) is 2. The topological polar surface area (TPSA) is 50.4 Å². The molecule has 2 aliphatic heterocycles. The Balaban J connectivity index is 1.69. The lowest BCUT2D eigenvalue weighted by Crippen LogP contribution is -2.53. The molecule has 0 radical (unpaired) electrons. The average Bonchev–Trinajstić information content (AvgIpc) is 2.96. The van der Waals surface area contributed by atoms with Crippen LogP contribution in [0.3, 0.4) is 0 Å². The Morgan fingerprint density at radius 1 is 1.29 bits per heavy atom. The van der Waals surface area contributed by atoms with Crippen LogP contribution >= 0.6 is 0 Å². The highest BCUT2D eigenvalue weighted by atomic mass is 16.5.